The number of nitrogens with zero attached hydrogens (tertiary/aromatic N) is 2. The second-order valence-corrected chi connectivity index (χ2v) is 6.74. The van der Waals surface area contributed by atoms with Gasteiger partial charge >= 0.3 is 12.0 Å². The summed E-state index contributed by atoms with van der Waals surface area (Å²) in [5.41, 5.74) is 0. The highest BCUT2D eigenvalue weighted by atomic mass is 79.9. The van der Waals surface area contributed by atoms with Crippen LogP contribution < -0.4 is 5.32 Å². The van der Waals surface area contributed by atoms with Crippen LogP contribution in [0.4, 0.5) is 4.79 Å². The molecule has 0 radical (unpaired) electrons. The van der Waals surface area contributed by atoms with Crippen molar-refractivity contribution in [3.8, 4) is 0 Å². The van der Waals surface area contributed by atoms with Crippen LogP contribution in [0.1, 0.15) is 11.8 Å². The third kappa shape index (κ3) is 4.18. The minimum absolute atomic E-state index is 0.0991. The number of rotatable bonds is 4. The van der Waals surface area contributed by atoms with Crippen LogP contribution in [-0.4, -0.2) is 59.1 Å². The smallest absolute Gasteiger partial charge is 0.320 e. The van der Waals surface area contributed by atoms with Gasteiger partial charge in [-0.3, -0.25) is 9.69 Å². The number of nitrogens with one attached hydrogen (secondary N) is 1. The quantitative estimate of drug-likeness (QED) is 0.841. The van der Waals surface area contributed by atoms with Crippen molar-refractivity contribution < 1.29 is 14.7 Å². The van der Waals surface area contributed by atoms with E-state index in [-0.39, 0.29) is 6.03 Å². The van der Waals surface area contributed by atoms with Gasteiger partial charge in [0, 0.05) is 35.5 Å². The molecule has 1 saturated heterocycles. The Morgan fingerprint density at radius 2 is 2.10 bits per heavy atom. The number of thiophene rings is 1. The lowest BCUT2D eigenvalue weighted by molar-refractivity contribution is -0.143. The number of halogens is 1. The minimum atomic E-state index is -0.824. The topological polar surface area (TPSA) is 72.9 Å². The Morgan fingerprint density at radius 1 is 1.43 bits per heavy atom. The molecule has 1 aliphatic rings. The van der Waals surface area contributed by atoms with E-state index in [9.17, 15) is 9.59 Å². The molecule has 0 bridgehead atoms. The highest BCUT2D eigenvalue weighted by molar-refractivity contribution is 9.10. The Labute approximate surface area is 135 Å². The van der Waals surface area contributed by atoms with Crippen molar-refractivity contribution in [2.24, 2.45) is 0 Å². The molecular weight excluding hydrogens is 358 g/mol. The van der Waals surface area contributed by atoms with Gasteiger partial charge in [-0.25, -0.2) is 4.79 Å². The van der Waals surface area contributed by atoms with Crippen LogP contribution in [0.15, 0.2) is 15.9 Å². The molecule has 1 fully saturated rings. The number of urea groups is 1. The summed E-state index contributed by atoms with van der Waals surface area (Å²) in [7, 11) is 0. The SMILES string of the molecule is CC(C(=O)O)N1CCN(C(=O)NCc2sccc2Br)CC1. The lowest BCUT2D eigenvalue weighted by atomic mass is 10.2. The van der Waals surface area contributed by atoms with Gasteiger partial charge in [-0.15, -0.1) is 11.3 Å². The Hall–Kier alpha value is -1.12. The molecular formula is C13H18BrN3O3S. The standard InChI is InChI=1S/C13H18BrN3O3S/c1-9(12(18)19)16-3-5-17(6-4-16)13(20)15-8-11-10(14)2-7-21-11/h2,7,9H,3-6,8H2,1H3,(H,15,20)(H,18,19). The summed E-state index contributed by atoms with van der Waals surface area (Å²) in [5, 5.41) is 13.9. The van der Waals surface area contributed by atoms with Crippen molar-refractivity contribution >= 4 is 39.3 Å². The predicted molar refractivity (Wildman–Crippen MR) is 84.5 cm³/mol. The number of carbonyl (C=O) groups is 2. The van der Waals surface area contributed by atoms with Gasteiger partial charge in [0.2, 0.25) is 0 Å². The fraction of sp³-hybridized carbons (Fsp3) is 0.538. The fourth-order valence-corrected chi connectivity index (χ4v) is 3.62. The number of piperazine rings is 1. The average Bonchev–Trinajstić information content (AvgIpc) is 2.89. The van der Waals surface area contributed by atoms with Crippen LogP contribution in [0.2, 0.25) is 0 Å². The van der Waals surface area contributed by atoms with E-state index in [2.05, 4.69) is 21.2 Å². The molecule has 116 valence electrons. The summed E-state index contributed by atoms with van der Waals surface area (Å²) in [6.45, 7) is 4.45. The van der Waals surface area contributed by atoms with Crippen LogP contribution >= 0.6 is 27.3 Å². The van der Waals surface area contributed by atoms with Crippen LogP contribution in [0.5, 0.6) is 0 Å². The molecule has 1 aromatic rings. The van der Waals surface area contributed by atoms with E-state index >= 15 is 0 Å². The van der Waals surface area contributed by atoms with Gasteiger partial charge in [-0.1, -0.05) is 0 Å². The summed E-state index contributed by atoms with van der Waals surface area (Å²) in [6, 6.07) is 1.35. The van der Waals surface area contributed by atoms with Gasteiger partial charge in [-0.2, -0.15) is 0 Å². The summed E-state index contributed by atoms with van der Waals surface area (Å²) in [4.78, 5) is 27.7. The Bertz CT molecular complexity index is 515. The van der Waals surface area contributed by atoms with E-state index in [0.717, 1.165) is 9.35 Å². The number of hydrogen-bond donors (Lipinski definition) is 2. The summed E-state index contributed by atoms with van der Waals surface area (Å²) in [5.74, 6) is -0.824. The highest BCUT2D eigenvalue weighted by Gasteiger charge is 2.27. The first kappa shape index (κ1) is 16.3. The second kappa shape index (κ2) is 7.24. The fourth-order valence-electron chi connectivity index (χ4n) is 2.19. The Kier molecular flexibility index (Phi) is 5.60. The van der Waals surface area contributed by atoms with Gasteiger partial charge in [0.25, 0.3) is 0 Å². The lowest BCUT2D eigenvalue weighted by Crippen LogP contribution is -2.54. The lowest BCUT2D eigenvalue weighted by Gasteiger charge is -2.36. The van der Waals surface area contributed by atoms with Crippen molar-refractivity contribution in [2.75, 3.05) is 26.2 Å². The molecule has 1 unspecified atom stereocenters. The van der Waals surface area contributed by atoms with E-state index < -0.39 is 12.0 Å². The number of carboxylic acid groups (broad SMARTS) is 1. The number of amides is 2. The van der Waals surface area contributed by atoms with E-state index in [1.165, 1.54) is 0 Å². The first-order valence-electron chi connectivity index (χ1n) is 6.70. The predicted octanol–water partition coefficient (Wildman–Crippen LogP) is 1.81. The monoisotopic (exact) mass is 375 g/mol. The first-order valence-corrected chi connectivity index (χ1v) is 8.38. The number of carboxylic acids is 1. The van der Waals surface area contributed by atoms with E-state index in [4.69, 9.17) is 5.11 Å². The number of carbonyl (C=O) groups excluding carboxylic acids is 1. The molecule has 21 heavy (non-hydrogen) atoms. The molecule has 0 aromatic carbocycles. The second-order valence-electron chi connectivity index (χ2n) is 4.89. The van der Waals surface area contributed by atoms with Crippen molar-refractivity contribution in [2.45, 2.75) is 19.5 Å². The molecule has 0 aliphatic carbocycles. The van der Waals surface area contributed by atoms with Crippen LogP contribution in [0.3, 0.4) is 0 Å². The summed E-state index contributed by atoms with van der Waals surface area (Å²) < 4.78 is 1.01. The maximum Gasteiger partial charge on any atom is 0.320 e. The van der Waals surface area contributed by atoms with Gasteiger partial charge in [0.1, 0.15) is 6.04 Å². The highest BCUT2D eigenvalue weighted by Crippen LogP contribution is 2.22. The largest absolute Gasteiger partial charge is 0.480 e. The van der Waals surface area contributed by atoms with Crippen molar-refractivity contribution in [3.63, 3.8) is 0 Å². The molecule has 2 N–H and O–H groups in total. The first-order chi connectivity index (χ1) is 9.99. The summed E-state index contributed by atoms with van der Waals surface area (Å²) in [6.07, 6.45) is 0. The Morgan fingerprint density at radius 3 is 2.62 bits per heavy atom. The molecule has 1 aromatic heterocycles. The molecule has 1 aliphatic heterocycles. The van der Waals surface area contributed by atoms with Gasteiger partial charge < -0.3 is 15.3 Å². The molecule has 8 heteroatoms. The maximum absolute atomic E-state index is 12.1. The molecule has 2 heterocycles. The molecule has 1 atom stereocenters. The zero-order chi connectivity index (χ0) is 15.4. The zero-order valence-electron chi connectivity index (χ0n) is 11.7. The Balaban J connectivity index is 1.78. The van der Waals surface area contributed by atoms with Crippen molar-refractivity contribution in [1.29, 1.82) is 0 Å². The minimum Gasteiger partial charge on any atom is -0.480 e. The zero-order valence-corrected chi connectivity index (χ0v) is 14.1. The van der Waals surface area contributed by atoms with Crippen molar-refractivity contribution in [1.82, 2.24) is 15.1 Å². The molecule has 0 spiro atoms. The normalized spacial score (nSPS) is 17.5. The van der Waals surface area contributed by atoms with Crippen LogP contribution in [-0.2, 0) is 11.3 Å². The number of aliphatic carboxylic acids is 1. The van der Waals surface area contributed by atoms with E-state index in [0.29, 0.717) is 32.7 Å². The van der Waals surface area contributed by atoms with Crippen LogP contribution in [0.25, 0.3) is 0 Å². The third-order valence-corrected chi connectivity index (χ3v) is 5.52. The van der Waals surface area contributed by atoms with Crippen LogP contribution in [0, 0.1) is 0 Å². The average molecular weight is 376 g/mol. The molecule has 6 nitrogen and oxygen atoms in total. The third-order valence-electron chi connectivity index (χ3n) is 3.60. The van der Waals surface area contributed by atoms with E-state index in [1.54, 1.807) is 23.2 Å². The number of hydrogen-bond acceptors (Lipinski definition) is 4. The maximum atomic E-state index is 12.1. The summed E-state index contributed by atoms with van der Waals surface area (Å²) >= 11 is 5.03. The van der Waals surface area contributed by atoms with Gasteiger partial charge in [0.05, 0.1) is 6.54 Å². The molecule has 0 saturated carbocycles. The van der Waals surface area contributed by atoms with Gasteiger partial charge in [-0.05, 0) is 34.3 Å². The molecule has 2 rings (SSSR count). The van der Waals surface area contributed by atoms with Crippen molar-refractivity contribution in [3.05, 3.63) is 20.8 Å². The molecule has 2 amide bonds. The van der Waals surface area contributed by atoms with Gasteiger partial charge in [0.15, 0.2) is 0 Å². The van der Waals surface area contributed by atoms with E-state index in [1.807, 2.05) is 16.3 Å².